The molecular weight excluding hydrogens is 448 g/mol. The third-order valence-electron chi connectivity index (χ3n) is 6.33. The van der Waals surface area contributed by atoms with Gasteiger partial charge >= 0.3 is 0 Å². The number of hydrogen-bond donors (Lipinski definition) is 1. The Bertz CT molecular complexity index is 1320. The second-order valence-electron chi connectivity index (χ2n) is 8.42. The molecule has 3 heterocycles. The molecule has 166 valence electrons. The van der Waals surface area contributed by atoms with Crippen LogP contribution in [0.3, 0.4) is 0 Å². The first-order chi connectivity index (χ1) is 16.0. The number of benzene rings is 2. The highest BCUT2D eigenvalue weighted by Crippen LogP contribution is 2.43. The van der Waals surface area contributed by atoms with Gasteiger partial charge in [0, 0.05) is 34.0 Å². The Morgan fingerprint density at radius 2 is 1.70 bits per heavy atom. The van der Waals surface area contributed by atoms with Crippen LogP contribution >= 0.6 is 23.8 Å². The van der Waals surface area contributed by atoms with Gasteiger partial charge in [-0.1, -0.05) is 41.9 Å². The van der Waals surface area contributed by atoms with E-state index in [0.29, 0.717) is 5.11 Å². The highest BCUT2D eigenvalue weighted by molar-refractivity contribution is 7.80. The molecule has 1 N–H and O–H groups in total. The van der Waals surface area contributed by atoms with Crippen LogP contribution < -0.4 is 10.2 Å². The zero-order valence-electron chi connectivity index (χ0n) is 18.8. The molecular formula is C27H25ClN4S. The predicted molar refractivity (Wildman–Crippen MR) is 139 cm³/mol. The standard InChI is InChI=1S/C27H25ClN4S/c1-17-12-13-20(28)16-24(17)31-18(2)15-22(19(31)3)26-25(23-11-7-8-14-29-23)30-27(33)32(26)21-9-5-4-6-10-21/h4-16,25-26H,1-3H3,(H,30,33)/t25-,26+/m0/s1. The molecule has 1 aliphatic heterocycles. The van der Waals surface area contributed by atoms with E-state index in [1.54, 1.807) is 0 Å². The van der Waals surface area contributed by atoms with E-state index >= 15 is 0 Å². The lowest BCUT2D eigenvalue weighted by Gasteiger charge is -2.28. The molecule has 0 radical (unpaired) electrons. The molecule has 0 saturated carbocycles. The third-order valence-corrected chi connectivity index (χ3v) is 6.88. The minimum atomic E-state index is -0.0756. The molecule has 4 nitrogen and oxygen atoms in total. The summed E-state index contributed by atoms with van der Waals surface area (Å²) in [5.41, 5.74) is 7.81. The largest absolute Gasteiger partial charge is 0.351 e. The minimum absolute atomic E-state index is 0.0470. The SMILES string of the molecule is Cc1ccc(Cl)cc1-n1c(C)cc([C@@H]2[C@H](c3ccccn3)NC(=S)N2c2ccccc2)c1C. The van der Waals surface area contributed by atoms with Crippen LogP contribution in [0.25, 0.3) is 5.69 Å². The maximum absolute atomic E-state index is 6.37. The van der Waals surface area contributed by atoms with Crippen LogP contribution in [0.15, 0.2) is 79.0 Å². The Kier molecular flexibility index (Phi) is 5.69. The quantitative estimate of drug-likeness (QED) is 0.338. The fraction of sp³-hybridized carbons (Fsp3) is 0.185. The second-order valence-corrected chi connectivity index (χ2v) is 9.25. The number of nitrogens with zero attached hydrogens (tertiary/aromatic N) is 3. The van der Waals surface area contributed by atoms with Gasteiger partial charge in [-0.15, -0.1) is 0 Å². The Balaban J connectivity index is 1.70. The highest BCUT2D eigenvalue weighted by atomic mass is 35.5. The predicted octanol–water partition coefficient (Wildman–Crippen LogP) is 6.63. The molecule has 5 rings (SSSR count). The van der Waals surface area contributed by atoms with Gasteiger partial charge in [0.05, 0.1) is 17.8 Å². The number of nitrogens with one attached hydrogen (secondary N) is 1. The van der Waals surface area contributed by atoms with Crippen molar-refractivity contribution in [1.29, 1.82) is 0 Å². The molecule has 1 aliphatic rings. The van der Waals surface area contributed by atoms with Crippen molar-refractivity contribution in [3.63, 3.8) is 0 Å². The summed E-state index contributed by atoms with van der Waals surface area (Å²) in [6, 6.07) is 24.5. The van der Waals surface area contributed by atoms with Crippen LogP contribution in [-0.2, 0) is 0 Å². The average molecular weight is 473 g/mol. The Morgan fingerprint density at radius 1 is 0.939 bits per heavy atom. The van der Waals surface area contributed by atoms with Gasteiger partial charge in [-0.25, -0.2) is 0 Å². The van der Waals surface area contributed by atoms with Gasteiger partial charge in [-0.3, -0.25) is 4.98 Å². The Hall–Kier alpha value is -3.15. The van der Waals surface area contributed by atoms with Crippen molar-refractivity contribution >= 4 is 34.6 Å². The number of rotatable bonds is 4. The zero-order chi connectivity index (χ0) is 23.1. The van der Waals surface area contributed by atoms with Gasteiger partial charge in [0.15, 0.2) is 5.11 Å². The molecule has 1 fully saturated rings. The zero-order valence-corrected chi connectivity index (χ0v) is 20.4. The molecule has 4 aromatic rings. The van der Waals surface area contributed by atoms with Crippen LogP contribution in [-0.4, -0.2) is 14.7 Å². The van der Waals surface area contributed by atoms with Gasteiger partial charge in [0.2, 0.25) is 0 Å². The van der Waals surface area contributed by atoms with Crippen molar-refractivity contribution in [2.24, 2.45) is 0 Å². The van der Waals surface area contributed by atoms with Crippen molar-refractivity contribution in [2.45, 2.75) is 32.9 Å². The van der Waals surface area contributed by atoms with Gasteiger partial charge in [-0.05, 0) is 86.6 Å². The first kappa shape index (κ1) is 21.7. The summed E-state index contributed by atoms with van der Waals surface area (Å²) in [5.74, 6) is 0. The van der Waals surface area contributed by atoms with Crippen LogP contribution in [0.4, 0.5) is 5.69 Å². The van der Waals surface area contributed by atoms with Crippen molar-refractivity contribution < 1.29 is 0 Å². The molecule has 0 spiro atoms. The van der Waals surface area contributed by atoms with Gasteiger partial charge in [0.1, 0.15) is 0 Å². The summed E-state index contributed by atoms with van der Waals surface area (Å²) in [4.78, 5) is 6.88. The van der Waals surface area contributed by atoms with Crippen LogP contribution in [0, 0.1) is 20.8 Å². The minimum Gasteiger partial charge on any atom is -0.351 e. The first-order valence-corrected chi connectivity index (χ1v) is 11.8. The van der Waals surface area contributed by atoms with Crippen LogP contribution in [0.1, 0.15) is 40.3 Å². The molecule has 6 heteroatoms. The number of aryl methyl sites for hydroxylation is 2. The number of hydrogen-bond acceptors (Lipinski definition) is 2. The molecule has 0 amide bonds. The maximum atomic E-state index is 6.37. The third kappa shape index (κ3) is 3.81. The van der Waals surface area contributed by atoms with Crippen molar-refractivity contribution in [2.75, 3.05) is 4.90 Å². The normalized spacial score (nSPS) is 17.9. The topological polar surface area (TPSA) is 33.1 Å². The molecule has 0 unspecified atom stereocenters. The monoisotopic (exact) mass is 472 g/mol. The molecule has 2 aromatic heterocycles. The van der Waals surface area contributed by atoms with E-state index in [1.165, 1.54) is 11.1 Å². The second kappa shape index (κ2) is 8.65. The van der Waals surface area contributed by atoms with E-state index < -0.39 is 0 Å². The molecule has 1 saturated heterocycles. The fourth-order valence-electron chi connectivity index (χ4n) is 4.82. The van der Waals surface area contributed by atoms with Crippen molar-refractivity contribution in [1.82, 2.24) is 14.9 Å². The summed E-state index contributed by atoms with van der Waals surface area (Å²) in [5, 5.41) is 4.98. The number of thiocarbonyl (C=S) groups is 1. The first-order valence-electron chi connectivity index (χ1n) is 11.0. The summed E-state index contributed by atoms with van der Waals surface area (Å²) >= 11 is 12.2. The molecule has 33 heavy (non-hydrogen) atoms. The maximum Gasteiger partial charge on any atom is 0.174 e. The van der Waals surface area contributed by atoms with E-state index in [1.807, 2.05) is 48.7 Å². The summed E-state index contributed by atoms with van der Waals surface area (Å²) in [6.45, 7) is 6.42. The lowest BCUT2D eigenvalue weighted by molar-refractivity contribution is 0.565. The number of para-hydroxylation sites is 1. The summed E-state index contributed by atoms with van der Waals surface area (Å²) < 4.78 is 2.29. The smallest absolute Gasteiger partial charge is 0.174 e. The van der Waals surface area contributed by atoms with Gasteiger partial charge in [-0.2, -0.15) is 0 Å². The lowest BCUT2D eigenvalue weighted by Crippen LogP contribution is -2.29. The number of halogens is 1. The van der Waals surface area contributed by atoms with E-state index in [-0.39, 0.29) is 12.1 Å². The summed E-state index contributed by atoms with van der Waals surface area (Å²) in [7, 11) is 0. The number of anilines is 1. The van der Waals surface area contributed by atoms with Gasteiger partial charge < -0.3 is 14.8 Å². The summed E-state index contributed by atoms with van der Waals surface area (Å²) in [6.07, 6.45) is 1.83. The van der Waals surface area contributed by atoms with E-state index in [4.69, 9.17) is 23.8 Å². The van der Waals surface area contributed by atoms with Crippen LogP contribution in [0.2, 0.25) is 5.02 Å². The van der Waals surface area contributed by atoms with E-state index in [0.717, 1.165) is 33.5 Å². The Labute approximate surface area is 204 Å². The molecule has 2 atom stereocenters. The highest BCUT2D eigenvalue weighted by Gasteiger charge is 2.42. The Morgan fingerprint density at radius 3 is 2.42 bits per heavy atom. The van der Waals surface area contributed by atoms with Crippen LogP contribution in [0.5, 0.6) is 0 Å². The number of pyridine rings is 1. The number of aromatic nitrogens is 2. The van der Waals surface area contributed by atoms with Crippen molar-refractivity contribution in [3.8, 4) is 5.69 Å². The fourth-order valence-corrected chi connectivity index (χ4v) is 5.33. The molecule has 2 aromatic carbocycles. The van der Waals surface area contributed by atoms with E-state index in [9.17, 15) is 0 Å². The van der Waals surface area contributed by atoms with E-state index in [2.05, 4.69) is 70.9 Å². The molecule has 0 aliphatic carbocycles. The molecule has 0 bridgehead atoms. The van der Waals surface area contributed by atoms with Gasteiger partial charge in [0.25, 0.3) is 0 Å². The lowest BCUT2D eigenvalue weighted by atomic mass is 9.96. The van der Waals surface area contributed by atoms with Crippen molar-refractivity contribution in [3.05, 3.63) is 112 Å². The average Bonchev–Trinajstić information content (AvgIpc) is 3.32.